The predicted octanol–water partition coefficient (Wildman–Crippen LogP) is 2.79. The van der Waals surface area contributed by atoms with E-state index in [0.717, 1.165) is 18.8 Å². The largest absolute Gasteiger partial charge is 0.496 e. The summed E-state index contributed by atoms with van der Waals surface area (Å²) in [6, 6.07) is 10.7. The molecule has 6 heteroatoms. The molecule has 0 bridgehead atoms. The van der Waals surface area contributed by atoms with Gasteiger partial charge in [0.1, 0.15) is 11.6 Å². The van der Waals surface area contributed by atoms with Crippen LogP contribution < -0.4 is 15.4 Å². The zero-order chi connectivity index (χ0) is 16.5. The number of carbonyl (C=O) groups excluding carboxylic acids is 1. The predicted molar refractivity (Wildman–Crippen MR) is 90.2 cm³/mol. The van der Waals surface area contributed by atoms with Crippen molar-refractivity contribution in [3.63, 3.8) is 0 Å². The van der Waals surface area contributed by atoms with Gasteiger partial charge in [-0.2, -0.15) is 0 Å². The van der Waals surface area contributed by atoms with Crippen LogP contribution in [0.4, 0.5) is 11.5 Å². The number of rotatable bonds is 8. The maximum Gasteiger partial charge on any atom is 0.259 e. The van der Waals surface area contributed by atoms with Crippen molar-refractivity contribution in [2.45, 2.75) is 6.42 Å². The van der Waals surface area contributed by atoms with Crippen molar-refractivity contribution in [2.75, 3.05) is 38.0 Å². The van der Waals surface area contributed by atoms with E-state index in [2.05, 4.69) is 15.6 Å². The van der Waals surface area contributed by atoms with E-state index in [1.807, 2.05) is 12.1 Å². The van der Waals surface area contributed by atoms with Gasteiger partial charge in [-0.05, 0) is 30.7 Å². The first-order valence-corrected chi connectivity index (χ1v) is 7.38. The summed E-state index contributed by atoms with van der Waals surface area (Å²) >= 11 is 0. The molecule has 0 radical (unpaired) electrons. The molecule has 0 aliphatic carbocycles. The van der Waals surface area contributed by atoms with Gasteiger partial charge < -0.3 is 20.1 Å². The quantitative estimate of drug-likeness (QED) is 0.733. The number of para-hydroxylation sites is 1. The molecule has 0 saturated heterocycles. The normalized spacial score (nSPS) is 10.2. The number of ether oxygens (including phenoxy) is 2. The first kappa shape index (κ1) is 16.8. The van der Waals surface area contributed by atoms with E-state index in [9.17, 15) is 4.79 Å². The number of amides is 1. The molecule has 0 atom stereocenters. The lowest BCUT2D eigenvalue weighted by Gasteiger charge is -2.10. The van der Waals surface area contributed by atoms with Crippen LogP contribution in [0, 0.1) is 0 Å². The zero-order valence-electron chi connectivity index (χ0n) is 13.3. The fraction of sp³-hybridized carbons (Fsp3) is 0.294. The highest BCUT2D eigenvalue weighted by Crippen LogP contribution is 2.19. The van der Waals surface area contributed by atoms with Crippen LogP contribution in [0.3, 0.4) is 0 Å². The molecular formula is C17H21N3O3. The molecule has 23 heavy (non-hydrogen) atoms. The van der Waals surface area contributed by atoms with E-state index in [-0.39, 0.29) is 5.91 Å². The summed E-state index contributed by atoms with van der Waals surface area (Å²) in [5.41, 5.74) is 1.11. The lowest BCUT2D eigenvalue weighted by atomic mass is 10.2. The fourth-order valence-electron chi connectivity index (χ4n) is 2.04. The van der Waals surface area contributed by atoms with Crippen LogP contribution in [0.2, 0.25) is 0 Å². The number of hydrogen-bond donors (Lipinski definition) is 2. The summed E-state index contributed by atoms with van der Waals surface area (Å²) in [6.07, 6.45) is 2.52. The second kappa shape index (κ2) is 8.75. The van der Waals surface area contributed by atoms with E-state index in [4.69, 9.17) is 9.47 Å². The van der Waals surface area contributed by atoms with Gasteiger partial charge in [-0.1, -0.05) is 12.1 Å². The number of carbonyl (C=O) groups is 1. The van der Waals surface area contributed by atoms with Gasteiger partial charge in [-0.25, -0.2) is 4.98 Å². The lowest BCUT2D eigenvalue weighted by molar-refractivity contribution is 0.102. The number of nitrogens with zero attached hydrogens (tertiary/aromatic N) is 1. The summed E-state index contributed by atoms with van der Waals surface area (Å²) in [6.45, 7) is 1.49. The van der Waals surface area contributed by atoms with Crippen LogP contribution in [-0.4, -0.2) is 38.3 Å². The summed E-state index contributed by atoms with van der Waals surface area (Å²) in [7, 11) is 3.22. The Morgan fingerprint density at radius 1 is 1.17 bits per heavy atom. The monoisotopic (exact) mass is 315 g/mol. The minimum Gasteiger partial charge on any atom is -0.496 e. The molecule has 1 aromatic heterocycles. The van der Waals surface area contributed by atoms with E-state index < -0.39 is 0 Å². The van der Waals surface area contributed by atoms with Crippen LogP contribution >= 0.6 is 0 Å². The van der Waals surface area contributed by atoms with Crippen molar-refractivity contribution in [3.8, 4) is 5.75 Å². The van der Waals surface area contributed by atoms with Gasteiger partial charge in [0.15, 0.2) is 0 Å². The Morgan fingerprint density at radius 3 is 2.70 bits per heavy atom. The van der Waals surface area contributed by atoms with Crippen LogP contribution in [0.5, 0.6) is 5.75 Å². The Labute approximate surface area is 135 Å². The Balaban J connectivity index is 1.94. The van der Waals surface area contributed by atoms with Gasteiger partial charge in [0.25, 0.3) is 5.91 Å². The first-order chi connectivity index (χ1) is 11.2. The minimum atomic E-state index is -0.231. The van der Waals surface area contributed by atoms with Crippen LogP contribution in [-0.2, 0) is 4.74 Å². The molecule has 0 saturated carbocycles. The molecule has 1 heterocycles. The topological polar surface area (TPSA) is 72.5 Å². The maximum absolute atomic E-state index is 12.3. The molecule has 0 fully saturated rings. The van der Waals surface area contributed by atoms with Crippen molar-refractivity contribution < 1.29 is 14.3 Å². The molecule has 0 unspecified atom stereocenters. The molecule has 1 aromatic carbocycles. The van der Waals surface area contributed by atoms with Crippen LogP contribution in [0.15, 0.2) is 42.6 Å². The highest BCUT2D eigenvalue weighted by atomic mass is 16.5. The number of nitrogens with one attached hydrogen (secondary N) is 2. The maximum atomic E-state index is 12.3. The van der Waals surface area contributed by atoms with Gasteiger partial charge in [0.2, 0.25) is 0 Å². The molecule has 1 amide bonds. The van der Waals surface area contributed by atoms with E-state index >= 15 is 0 Å². The Hall–Kier alpha value is -2.60. The second-order valence-corrected chi connectivity index (χ2v) is 4.86. The van der Waals surface area contributed by atoms with Gasteiger partial charge >= 0.3 is 0 Å². The van der Waals surface area contributed by atoms with Crippen molar-refractivity contribution in [2.24, 2.45) is 0 Å². The Bertz CT molecular complexity index is 629. The molecule has 0 aliphatic rings. The third kappa shape index (κ3) is 4.96. The van der Waals surface area contributed by atoms with Gasteiger partial charge in [0.05, 0.1) is 24.6 Å². The van der Waals surface area contributed by atoms with Crippen molar-refractivity contribution in [3.05, 3.63) is 48.2 Å². The standard InChI is InChI=1S/C17H21N3O3/c1-22-11-5-10-18-16-9-8-13(12-19-16)20-17(21)14-6-3-4-7-15(14)23-2/h3-4,6-9,12H,5,10-11H2,1-2H3,(H,18,19)(H,20,21). The van der Waals surface area contributed by atoms with Gasteiger partial charge in [-0.3, -0.25) is 4.79 Å². The number of pyridine rings is 1. The van der Waals surface area contributed by atoms with Crippen LogP contribution in [0.25, 0.3) is 0 Å². The number of aromatic nitrogens is 1. The van der Waals surface area contributed by atoms with Gasteiger partial charge in [-0.15, -0.1) is 0 Å². The molecule has 2 N–H and O–H groups in total. The van der Waals surface area contributed by atoms with Gasteiger partial charge in [0, 0.05) is 20.3 Å². The average molecular weight is 315 g/mol. The molecule has 2 aromatic rings. The Morgan fingerprint density at radius 2 is 2.00 bits per heavy atom. The number of anilines is 2. The number of methoxy groups -OCH3 is 2. The third-order valence-electron chi connectivity index (χ3n) is 3.20. The van der Waals surface area contributed by atoms with E-state index in [0.29, 0.717) is 23.6 Å². The highest BCUT2D eigenvalue weighted by molar-refractivity contribution is 6.06. The molecule has 6 nitrogen and oxygen atoms in total. The van der Waals surface area contributed by atoms with Crippen LogP contribution in [0.1, 0.15) is 16.8 Å². The van der Waals surface area contributed by atoms with Crippen molar-refractivity contribution in [1.82, 2.24) is 4.98 Å². The van der Waals surface area contributed by atoms with E-state index in [1.54, 1.807) is 37.6 Å². The molecular weight excluding hydrogens is 294 g/mol. The van der Waals surface area contributed by atoms with Crippen molar-refractivity contribution in [1.29, 1.82) is 0 Å². The van der Waals surface area contributed by atoms with E-state index in [1.165, 1.54) is 7.11 Å². The highest BCUT2D eigenvalue weighted by Gasteiger charge is 2.11. The first-order valence-electron chi connectivity index (χ1n) is 7.38. The summed E-state index contributed by atoms with van der Waals surface area (Å²) in [5.74, 6) is 1.07. The lowest BCUT2D eigenvalue weighted by Crippen LogP contribution is -2.13. The Kier molecular flexibility index (Phi) is 6.38. The summed E-state index contributed by atoms with van der Waals surface area (Å²) in [5, 5.41) is 5.99. The van der Waals surface area contributed by atoms with Crippen molar-refractivity contribution >= 4 is 17.4 Å². The summed E-state index contributed by atoms with van der Waals surface area (Å²) < 4.78 is 10.2. The summed E-state index contributed by atoms with van der Waals surface area (Å²) in [4.78, 5) is 16.5. The average Bonchev–Trinajstić information content (AvgIpc) is 2.60. The SMILES string of the molecule is COCCCNc1ccc(NC(=O)c2ccccc2OC)cn1. The second-order valence-electron chi connectivity index (χ2n) is 4.86. The molecule has 0 spiro atoms. The molecule has 122 valence electrons. The minimum absolute atomic E-state index is 0.231. The fourth-order valence-corrected chi connectivity index (χ4v) is 2.04. The third-order valence-corrected chi connectivity index (χ3v) is 3.20. The number of hydrogen-bond acceptors (Lipinski definition) is 5. The molecule has 2 rings (SSSR count). The smallest absolute Gasteiger partial charge is 0.259 e. The number of benzene rings is 1. The molecule has 0 aliphatic heterocycles. The zero-order valence-corrected chi connectivity index (χ0v) is 13.3.